The number of hydrogen-bond donors (Lipinski definition) is 2. The lowest BCUT2D eigenvalue weighted by atomic mass is 10.2. The van der Waals surface area contributed by atoms with Crippen LogP contribution in [0.3, 0.4) is 0 Å². The number of para-hydroxylation sites is 1. The molecule has 1 saturated carbocycles. The molecule has 1 aromatic carbocycles. The minimum atomic E-state index is -2.88. The summed E-state index contributed by atoms with van der Waals surface area (Å²) in [5.41, 5.74) is 5.44. The molecule has 1 aliphatic rings. The summed E-state index contributed by atoms with van der Waals surface area (Å²) >= 11 is 0. The first-order chi connectivity index (χ1) is 8.51. The van der Waals surface area contributed by atoms with E-state index in [-0.39, 0.29) is 18.2 Å². The fourth-order valence-corrected chi connectivity index (χ4v) is 1.57. The molecule has 1 aromatic rings. The average Bonchev–Trinajstić information content (AvgIpc) is 3.06. The Morgan fingerprint density at radius 3 is 2.72 bits per heavy atom. The smallest absolute Gasteiger partial charge is 0.387 e. The van der Waals surface area contributed by atoms with Crippen LogP contribution in [-0.4, -0.2) is 18.1 Å². The minimum absolute atomic E-state index is 0.0645. The first-order valence-electron chi connectivity index (χ1n) is 5.61. The Kier molecular flexibility index (Phi) is 3.47. The summed E-state index contributed by atoms with van der Waals surface area (Å²) in [6.07, 6.45) is 1.32. The normalized spacial score (nSPS) is 16.4. The zero-order valence-corrected chi connectivity index (χ0v) is 9.66. The maximum atomic E-state index is 12.2. The van der Waals surface area contributed by atoms with Gasteiger partial charge in [0.25, 0.3) is 0 Å². The quantitative estimate of drug-likeness (QED) is 0.836. The van der Waals surface area contributed by atoms with Gasteiger partial charge < -0.3 is 15.8 Å². The lowest BCUT2D eigenvalue weighted by molar-refractivity contribution is -0.123. The Balaban J connectivity index is 1.98. The van der Waals surface area contributed by atoms with Crippen molar-refractivity contribution in [2.45, 2.75) is 31.5 Å². The highest BCUT2D eigenvalue weighted by atomic mass is 19.3. The predicted octanol–water partition coefficient (Wildman–Crippen LogP) is 1.40. The monoisotopic (exact) mass is 256 g/mol. The second kappa shape index (κ2) is 4.89. The van der Waals surface area contributed by atoms with Gasteiger partial charge in [-0.25, -0.2) is 0 Å². The zero-order valence-electron chi connectivity index (χ0n) is 9.66. The number of alkyl halides is 2. The summed E-state index contributed by atoms with van der Waals surface area (Å²) in [4.78, 5) is 11.6. The standard InChI is InChI=1S/C12H14F2N2O2/c13-11(14)18-9-4-2-1-3-8(9)7-16-10(17)12(15)5-6-12/h1-4,11H,5-7,15H2,(H,16,17). The summed E-state index contributed by atoms with van der Waals surface area (Å²) in [6.45, 7) is -2.76. The van der Waals surface area contributed by atoms with Crippen LogP contribution in [-0.2, 0) is 11.3 Å². The van der Waals surface area contributed by atoms with Crippen LogP contribution in [0.2, 0.25) is 0 Å². The molecular formula is C12H14F2N2O2. The van der Waals surface area contributed by atoms with E-state index in [9.17, 15) is 13.6 Å². The minimum Gasteiger partial charge on any atom is -0.434 e. The van der Waals surface area contributed by atoms with Gasteiger partial charge in [0.1, 0.15) is 5.75 Å². The molecule has 18 heavy (non-hydrogen) atoms. The number of carbonyl (C=O) groups excluding carboxylic acids is 1. The van der Waals surface area contributed by atoms with Crippen molar-refractivity contribution in [3.63, 3.8) is 0 Å². The molecule has 1 amide bonds. The van der Waals surface area contributed by atoms with Crippen molar-refractivity contribution in [2.75, 3.05) is 0 Å². The summed E-state index contributed by atoms with van der Waals surface area (Å²) in [5, 5.41) is 2.63. The number of amides is 1. The molecule has 0 spiro atoms. The summed E-state index contributed by atoms with van der Waals surface area (Å²) in [5.74, 6) is -0.191. The van der Waals surface area contributed by atoms with Gasteiger partial charge in [-0.1, -0.05) is 18.2 Å². The van der Waals surface area contributed by atoms with Crippen LogP contribution < -0.4 is 15.8 Å². The molecule has 0 unspecified atom stereocenters. The fraction of sp³-hybridized carbons (Fsp3) is 0.417. The maximum Gasteiger partial charge on any atom is 0.387 e. The molecule has 3 N–H and O–H groups in total. The highest BCUT2D eigenvalue weighted by Crippen LogP contribution is 2.32. The van der Waals surface area contributed by atoms with Crippen molar-refractivity contribution in [1.29, 1.82) is 0 Å². The van der Waals surface area contributed by atoms with E-state index in [2.05, 4.69) is 10.1 Å². The van der Waals surface area contributed by atoms with Crippen LogP contribution in [0.15, 0.2) is 24.3 Å². The van der Waals surface area contributed by atoms with Gasteiger partial charge in [0.15, 0.2) is 0 Å². The summed E-state index contributed by atoms with van der Waals surface area (Å²) < 4.78 is 28.7. The molecule has 1 aliphatic carbocycles. The SMILES string of the molecule is NC1(C(=O)NCc2ccccc2OC(F)F)CC1. The second-order valence-corrected chi connectivity index (χ2v) is 4.33. The third-order valence-corrected chi connectivity index (χ3v) is 2.87. The van der Waals surface area contributed by atoms with Gasteiger partial charge in [-0.2, -0.15) is 8.78 Å². The van der Waals surface area contributed by atoms with Crippen molar-refractivity contribution in [3.8, 4) is 5.75 Å². The first kappa shape index (κ1) is 12.8. The van der Waals surface area contributed by atoms with Crippen molar-refractivity contribution >= 4 is 5.91 Å². The second-order valence-electron chi connectivity index (χ2n) is 4.33. The summed E-state index contributed by atoms with van der Waals surface area (Å²) in [7, 11) is 0. The van der Waals surface area contributed by atoms with Gasteiger partial charge in [-0.05, 0) is 18.9 Å². The Morgan fingerprint density at radius 1 is 1.44 bits per heavy atom. The molecule has 98 valence electrons. The molecule has 0 bridgehead atoms. The number of benzene rings is 1. The van der Waals surface area contributed by atoms with Gasteiger partial charge in [0, 0.05) is 12.1 Å². The van der Waals surface area contributed by atoms with Crippen LogP contribution in [0.1, 0.15) is 18.4 Å². The molecule has 0 aromatic heterocycles. The molecule has 0 heterocycles. The van der Waals surface area contributed by atoms with E-state index in [1.165, 1.54) is 6.07 Å². The largest absolute Gasteiger partial charge is 0.434 e. The van der Waals surface area contributed by atoms with Crippen molar-refractivity contribution < 1.29 is 18.3 Å². The van der Waals surface area contributed by atoms with Crippen LogP contribution in [0.25, 0.3) is 0 Å². The number of nitrogens with one attached hydrogen (secondary N) is 1. The van der Waals surface area contributed by atoms with Gasteiger partial charge in [-0.3, -0.25) is 4.79 Å². The number of ether oxygens (including phenoxy) is 1. The molecular weight excluding hydrogens is 242 g/mol. The van der Waals surface area contributed by atoms with E-state index < -0.39 is 12.2 Å². The average molecular weight is 256 g/mol. The van der Waals surface area contributed by atoms with Crippen molar-refractivity contribution in [2.24, 2.45) is 5.73 Å². The van der Waals surface area contributed by atoms with Crippen LogP contribution in [0, 0.1) is 0 Å². The molecule has 0 atom stereocenters. The molecule has 4 nitrogen and oxygen atoms in total. The molecule has 1 fully saturated rings. The Hall–Kier alpha value is -1.69. The Morgan fingerprint density at radius 2 is 2.11 bits per heavy atom. The van der Waals surface area contributed by atoms with Crippen molar-refractivity contribution in [3.05, 3.63) is 29.8 Å². The van der Waals surface area contributed by atoms with E-state index in [4.69, 9.17) is 5.73 Å². The number of nitrogens with two attached hydrogens (primary N) is 1. The fourth-order valence-electron chi connectivity index (χ4n) is 1.57. The lowest BCUT2D eigenvalue weighted by Gasteiger charge is -2.13. The number of hydrogen-bond acceptors (Lipinski definition) is 3. The molecule has 0 aliphatic heterocycles. The van der Waals surface area contributed by atoms with Gasteiger partial charge in [0.2, 0.25) is 5.91 Å². The third-order valence-electron chi connectivity index (χ3n) is 2.87. The molecule has 6 heteroatoms. The van der Waals surface area contributed by atoms with Gasteiger partial charge in [-0.15, -0.1) is 0 Å². The highest BCUT2D eigenvalue weighted by molar-refractivity contribution is 5.88. The molecule has 2 rings (SSSR count). The van der Waals surface area contributed by atoms with Gasteiger partial charge in [0.05, 0.1) is 5.54 Å². The molecule has 0 radical (unpaired) electrons. The van der Waals surface area contributed by atoms with Gasteiger partial charge >= 0.3 is 6.61 Å². The van der Waals surface area contributed by atoms with Crippen LogP contribution in [0.5, 0.6) is 5.75 Å². The third kappa shape index (κ3) is 2.95. The van der Waals surface area contributed by atoms with E-state index in [1.54, 1.807) is 18.2 Å². The first-order valence-corrected chi connectivity index (χ1v) is 5.61. The summed E-state index contributed by atoms with van der Waals surface area (Å²) in [6, 6.07) is 6.33. The van der Waals surface area contributed by atoms with E-state index in [1.807, 2.05) is 0 Å². The predicted molar refractivity (Wildman–Crippen MR) is 61.1 cm³/mol. The van der Waals surface area contributed by atoms with Crippen LogP contribution >= 0.6 is 0 Å². The number of rotatable bonds is 5. The van der Waals surface area contributed by atoms with E-state index >= 15 is 0 Å². The van der Waals surface area contributed by atoms with Crippen molar-refractivity contribution in [1.82, 2.24) is 5.32 Å². The van der Waals surface area contributed by atoms with E-state index in [0.717, 1.165) is 0 Å². The zero-order chi connectivity index (χ0) is 13.2. The Labute approximate surface area is 103 Å². The Bertz CT molecular complexity index is 447. The highest BCUT2D eigenvalue weighted by Gasteiger charge is 2.45. The lowest BCUT2D eigenvalue weighted by Crippen LogP contribution is -2.42. The van der Waals surface area contributed by atoms with Crippen LogP contribution in [0.4, 0.5) is 8.78 Å². The van der Waals surface area contributed by atoms with E-state index in [0.29, 0.717) is 18.4 Å². The number of carbonyl (C=O) groups is 1. The number of halogens is 2. The molecule has 0 saturated heterocycles. The maximum absolute atomic E-state index is 12.2. The topological polar surface area (TPSA) is 64.4 Å².